The van der Waals surface area contributed by atoms with Gasteiger partial charge in [0.1, 0.15) is 0 Å². The molecule has 3 aliphatic rings. The Bertz CT molecular complexity index is 656. The fraction of sp³-hybridized carbons (Fsp3) is 0.579. The molecule has 0 spiro atoms. The molecule has 2 atom stereocenters. The highest BCUT2D eigenvalue weighted by Gasteiger charge is 2.40. The topological polar surface area (TPSA) is 52.7 Å². The van der Waals surface area contributed by atoms with Crippen LogP contribution in [0.5, 0.6) is 0 Å². The standard InChI is InChI=1S/C19H25N3O2/c1-13(20-17-9-11-22(19(17)24)15-7-8-15)14-4-2-5-16(12-14)21-10-3-6-18(21)23/h2,4-5,12-13,15,17,20H,3,6-11H2,1H3/t13-,17+/m0/s1. The van der Waals surface area contributed by atoms with E-state index in [1.54, 1.807) is 0 Å². The van der Waals surface area contributed by atoms with Crippen molar-refractivity contribution >= 4 is 17.5 Å². The summed E-state index contributed by atoms with van der Waals surface area (Å²) < 4.78 is 0. The highest BCUT2D eigenvalue weighted by molar-refractivity contribution is 5.95. The van der Waals surface area contributed by atoms with Crippen LogP contribution in [-0.2, 0) is 9.59 Å². The normalized spacial score (nSPS) is 25.6. The largest absolute Gasteiger partial charge is 0.338 e. The number of hydrogen-bond donors (Lipinski definition) is 1. The first kappa shape index (κ1) is 15.6. The van der Waals surface area contributed by atoms with Gasteiger partial charge in [-0.1, -0.05) is 12.1 Å². The van der Waals surface area contributed by atoms with E-state index in [0.29, 0.717) is 12.5 Å². The summed E-state index contributed by atoms with van der Waals surface area (Å²) in [5.74, 6) is 0.467. The summed E-state index contributed by atoms with van der Waals surface area (Å²) in [4.78, 5) is 28.3. The van der Waals surface area contributed by atoms with Crippen LogP contribution in [-0.4, -0.2) is 41.9 Å². The Morgan fingerprint density at radius 2 is 2.00 bits per heavy atom. The van der Waals surface area contributed by atoms with Crippen LogP contribution in [0.3, 0.4) is 0 Å². The third-order valence-electron chi connectivity index (χ3n) is 5.43. The number of anilines is 1. The molecule has 5 nitrogen and oxygen atoms in total. The first-order chi connectivity index (χ1) is 11.6. The predicted molar refractivity (Wildman–Crippen MR) is 92.7 cm³/mol. The molecule has 24 heavy (non-hydrogen) atoms. The fourth-order valence-electron chi connectivity index (χ4n) is 3.89. The first-order valence-corrected chi connectivity index (χ1v) is 9.10. The van der Waals surface area contributed by atoms with Crippen LogP contribution in [0, 0.1) is 0 Å². The lowest BCUT2D eigenvalue weighted by atomic mass is 10.1. The van der Waals surface area contributed by atoms with Gasteiger partial charge in [-0.2, -0.15) is 0 Å². The van der Waals surface area contributed by atoms with Gasteiger partial charge in [-0.05, 0) is 50.3 Å². The Morgan fingerprint density at radius 3 is 2.71 bits per heavy atom. The monoisotopic (exact) mass is 327 g/mol. The molecular formula is C19H25N3O2. The molecule has 0 unspecified atom stereocenters. The Hall–Kier alpha value is -1.88. The lowest BCUT2D eigenvalue weighted by Crippen LogP contribution is -2.40. The van der Waals surface area contributed by atoms with Gasteiger partial charge in [0.2, 0.25) is 11.8 Å². The number of benzene rings is 1. The van der Waals surface area contributed by atoms with Gasteiger partial charge in [0.05, 0.1) is 6.04 Å². The van der Waals surface area contributed by atoms with Gasteiger partial charge in [0.25, 0.3) is 0 Å². The second-order valence-corrected chi connectivity index (χ2v) is 7.24. The molecule has 128 valence electrons. The van der Waals surface area contributed by atoms with Crippen molar-refractivity contribution in [3.05, 3.63) is 29.8 Å². The van der Waals surface area contributed by atoms with E-state index in [-0.39, 0.29) is 23.9 Å². The molecule has 4 rings (SSSR count). The number of rotatable bonds is 5. The van der Waals surface area contributed by atoms with E-state index < -0.39 is 0 Å². The molecule has 1 aromatic rings. The van der Waals surface area contributed by atoms with Crippen molar-refractivity contribution in [3.8, 4) is 0 Å². The van der Waals surface area contributed by atoms with E-state index >= 15 is 0 Å². The predicted octanol–water partition coefficient (Wildman–Crippen LogP) is 2.23. The van der Waals surface area contributed by atoms with E-state index in [0.717, 1.165) is 37.2 Å². The SMILES string of the molecule is C[C@H](N[C@@H]1CCN(C2CC2)C1=O)c1cccc(N2CCCC2=O)c1. The van der Waals surface area contributed by atoms with Gasteiger partial charge in [-0.25, -0.2) is 0 Å². The highest BCUT2D eigenvalue weighted by atomic mass is 16.2. The summed E-state index contributed by atoms with van der Waals surface area (Å²) in [6, 6.07) is 8.67. The van der Waals surface area contributed by atoms with Crippen molar-refractivity contribution in [1.82, 2.24) is 10.2 Å². The van der Waals surface area contributed by atoms with Crippen LogP contribution in [0.4, 0.5) is 5.69 Å². The number of amides is 2. The van der Waals surface area contributed by atoms with E-state index in [1.165, 1.54) is 12.8 Å². The smallest absolute Gasteiger partial charge is 0.240 e. The Morgan fingerprint density at radius 1 is 1.17 bits per heavy atom. The molecule has 2 aliphatic heterocycles. The minimum Gasteiger partial charge on any atom is -0.338 e. The zero-order valence-corrected chi connectivity index (χ0v) is 14.2. The zero-order valence-electron chi connectivity index (χ0n) is 14.2. The summed E-state index contributed by atoms with van der Waals surface area (Å²) in [6.45, 7) is 3.79. The molecule has 5 heteroatoms. The van der Waals surface area contributed by atoms with Crippen molar-refractivity contribution in [3.63, 3.8) is 0 Å². The number of nitrogens with zero attached hydrogens (tertiary/aromatic N) is 2. The van der Waals surface area contributed by atoms with Crippen LogP contribution < -0.4 is 10.2 Å². The first-order valence-electron chi connectivity index (χ1n) is 9.10. The van der Waals surface area contributed by atoms with Gasteiger partial charge in [-0.3, -0.25) is 14.9 Å². The minimum absolute atomic E-state index is 0.0716. The van der Waals surface area contributed by atoms with Crippen molar-refractivity contribution in [2.45, 2.75) is 57.2 Å². The zero-order chi connectivity index (χ0) is 16.7. The fourth-order valence-corrected chi connectivity index (χ4v) is 3.89. The lowest BCUT2D eigenvalue weighted by molar-refractivity contribution is -0.130. The quantitative estimate of drug-likeness (QED) is 0.902. The molecule has 2 heterocycles. The number of nitrogens with one attached hydrogen (secondary N) is 1. The van der Waals surface area contributed by atoms with Crippen molar-refractivity contribution < 1.29 is 9.59 Å². The average Bonchev–Trinajstić information content (AvgIpc) is 3.24. The maximum absolute atomic E-state index is 12.5. The van der Waals surface area contributed by atoms with Gasteiger partial charge in [0.15, 0.2) is 0 Å². The number of hydrogen-bond acceptors (Lipinski definition) is 3. The summed E-state index contributed by atoms with van der Waals surface area (Å²) in [5, 5.41) is 3.49. The van der Waals surface area contributed by atoms with E-state index in [1.807, 2.05) is 21.9 Å². The molecular weight excluding hydrogens is 302 g/mol. The van der Waals surface area contributed by atoms with Crippen LogP contribution in [0.25, 0.3) is 0 Å². The number of likely N-dealkylation sites (tertiary alicyclic amines) is 1. The maximum Gasteiger partial charge on any atom is 0.240 e. The Balaban J connectivity index is 1.43. The third kappa shape index (κ3) is 2.93. The molecule has 0 bridgehead atoms. The summed E-state index contributed by atoms with van der Waals surface area (Å²) in [6.07, 6.45) is 4.81. The maximum atomic E-state index is 12.5. The minimum atomic E-state index is -0.0716. The molecule has 1 saturated carbocycles. The van der Waals surface area contributed by atoms with Crippen molar-refractivity contribution in [2.24, 2.45) is 0 Å². The molecule has 3 fully saturated rings. The average molecular weight is 327 g/mol. The molecule has 1 N–H and O–H groups in total. The Kier molecular flexibility index (Phi) is 4.04. The third-order valence-corrected chi connectivity index (χ3v) is 5.43. The number of carbonyl (C=O) groups excluding carboxylic acids is 2. The molecule has 1 aromatic carbocycles. The van der Waals surface area contributed by atoms with Crippen LogP contribution in [0.15, 0.2) is 24.3 Å². The molecule has 1 aliphatic carbocycles. The second kappa shape index (κ2) is 6.20. The molecule has 0 aromatic heterocycles. The number of carbonyl (C=O) groups is 2. The van der Waals surface area contributed by atoms with E-state index in [2.05, 4.69) is 24.4 Å². The van der Waals surface area contributed by atoms with E-state index in [9.17, 15) is 9.59 Å². The summed E-state index contributed by atoms with van der Waals surface area (Å²) in [7, 11) is 0. The summed E-state index contributed by atoms with van der Waals surface area (Å²) >= 11 is 0. The van der Waals surface area contributed by atoms with Crippen LogP contribution in [0.2, 0.25) is 0 Å². The molecule has 0 radical (unpaired) electrons. The Labute approximate surface area is 143 Å². The van der Waals surface area contributed by atoms with Crippen LogP contribution in [0.1, 0.15) is 50.6 Å². The van der Waals surface area contributed by atoms with Crippen molar-refractivity contribution in [1.29, 1.82) is 0 Å². The summed E-state index contributed by atoms with van der Waals surface area (Å²) in [5.41, 5.74) is 2.10. The van der Waals surface area contributed by atoms with Crippen LogP contribution >= 0.6 is 0 Å². The molecule has 2 amide bonds. The lowest BCUT2D eigenvalue weighted by Gasteiger charge is -2.22. The highest BCUT2D eigenvalue weighted by Crippen LogP contribution is 2.31. The van der Waals surface area contributed by atoms with Gasteiger partial charge in [-0.15, -0.1) is 0 Å². The van der Waals surface area contributed by atoms with Crippen molar-refractivity contribution in [2.75, 3.05) is 18.0 Å². The van der Waals surface area contributed by atoms with Gasteiger partial charge >= 0.3 is 0 Å². The van der Waals surface area contributed by atoms with Gasteiger partial charge in [0, 0.05) is 37.3 Å². The molecule has 2 saturated heterocycles. The second-order valence-electron chi connectivity index (χ2n) is 7.24. The van der Waals surface area contributed by atoms with E-state index in [4.69, 9.17) is 0 Å². The van der Waals surface area contributed by atoms with Gasteiger partial charge < -0.3 is 9.80 Å².